The van der Waals surface area contributed by atoms with Crippen molar-refractivity contribution in [1.82, 2.24) is 9.97 Å². The van der Waals surface area contributed by atoms with Crippen LogP contribution in [0.4, 0.5) is 11.8 Å². The van der Waals surface area contributed by atoms with Crippen molar-refractivity contribution < 1.29 is 0 Å². The second-order valence-corrected chi connectivity index (χ2v) is 7.43. The van der Waals surface area contributed by atoms with Gasteiger partial charge < -0.3 is 10.6 Å². The van der Waals surface area contributed by atoms with Crippen molar-refractivity contribution in [2.24, 2.45) is 0 Å². The Morgan fingerprint density at radius 2 is 1.87 bits per heavy atom. The quantitative estimate of drug-likeness (QED) is 0.854. The third-order valence-electron chi connectivity index (χ3n) is 3.95. The molecule has 1 aromatic carbocycles. The van der Waals surface area contributed by atoms with E-state index < -0.39 is 0 Å². The fourth-order valence-electron chi connectivity index (χ4n) is 2.53. The minimum absolute atomic E-state index is 0.0462. The lowest BCUT2D eigenvalue weighted by molar-refractivity contribution is 0.625. The van der Waals surface area contributed by atoms with Gasteiger partial charge in [0.1, 0.15) is 5.82 Å². The van der Waals surface area contributed by atoms with Crippen molar-refractivity contribution >= 4 is 11.8 Å². The van der Waals surface area contributed by atoms with Crippen LogP contribution in [-0.4, -0.2) is 15.5 Å². The molecule has 0 saturated heterocycles. The average Bonchev–Trinajstić information content (AvgIpc) is 3.29. The Kier molecular flexibility index (Phi) is 4.24. The molecule has 0 atom stereocenters. The number of rotatable bonds is 5. The summed E-state index contributed by atoms with van der Waals surface area (Å²) in [6, 6.07) is 10.5. The second-order valence-electron chi connectivity index (χ2n) is 7.43. The van der Waals surface area contributed by atoms with Crippen molar-refractivity contribution in [2.45, 2.75) is 58.5 Å². The summed E-state index contributed by atoms with van der Waals surface area (Å²) in [6.45, 7) is 9.30. The second kappa shape index (κ2) is 6.19. The Morgan fingerprint density at radius 3 is 2.52 bits per heavy atom. The molecular weight excluding hydrogens is 284 g/mol. The highest BCUT2D eigenvalue weighted by atomic mass is 15.2. The van der Waals surface area contributed by atoms with Gasteiger partial charge in [0.2, 0.25) is 5.95 Å². The molecule has 4 heteroatoms. The van der Waals surface area contributed by atoms with Crippen molar-refractivity contribution in [2.75, 3.05) is 10.6 Å². The van der Waals surface area contributed by atoms with Crippen molar-refractivity contribution in [3.05, 3.63) is 47.2 Å². The van der Waals surface area contributed by atoms with Crippen molar-refractivity contribution in [1.29, 1.82) is 0 Å². The molecule has 122 valence electrons. The zero-order valence-electron chi connectivity index (χ0n) is 14.5. The molecule has 0 radical (unpaired) electrons. The molecule has 0 bridgehead atoms. The van der Waals surface area contributed by atoms with Gasteiger partial charge in [0, 0.05) is 24.1 Å². The Morgan fingerprint density at radius 1 is 1.13 bits per heavy atom. The van der Waals surface area contributed by atoms with E-state index >= 15 is 0 Å². The third-order valence-corrected chi connectivity index (χ3v) is 3.95. The van der Waals surface area contributed by atoms with Crippen LogP contribution in [0.1, 0.15) is 56.4 Å². The molecule has 3 rings (SSSR count). The molecule has 1 saturated carbocycles. The molecule has 1 heterocycles. The number of nitrogens with zero attached hydrogens (tertiary/aromatic N) is 2. The highest BCUT2D eigenvalue weighted by Gasteiger charge is 2.26. The predicted molar refractivity (Wildman–Crippen MR) is 95.9 cm³/mol. The van der Waals surface area contributed by atoms with E-state index in [1.165, 1.54) is 24.0 Å². The molecule has 2 N–H and O–H groups in total. The van der Waals surface area contributed by atoms with E-state index in [1.54, 1.807) is 0 Å². The van der Waals surface area contributed by atoms with Gasteiger partial charge in [0.25, 0.3) is 0 Å². The van der Waals surface area contributed by atoms with Crippen LogP contribution in [0.3, 0.4) is 0 Å². The summed E-state index contributed by atoms with van der Waals surface area (Å²) < 4.78 is 0. The lowest BCUT2D eigenvalue weighted by atomic mass is 10.1. The topological polar surface area (TPSA) is 49.8 Å². The zero-order valence-corrected chi connectivity index (χ0v) is 14.5. The van der Waals surface area contributed by atoms with E-state index in [-0.39, 0.29) is 5.54 Å². The number of aryl methyl sites for hydroxylation is 1. The molecule has 1 aliphatic carbocycles. The predicted octanol–water partition coefficient (Wildman–Crippen LogP) is 4.48. The molecule has 0 aliphatic heterocycles. The van der Waals surface area contributed by atoms with Crippen LogP contribution in [0.25, 0.3) is 0 Å². The van der Waals surface area contributed by atoms with Gasteiger partial charge in [-0.05, 0) is 51.7 Å². The van der Waals surface area contributed by atoms with Crippen LogP contribution in [0, 0.1) is 6.92 Å². The maximum absolute atomic E-state index is 4.69. The molecule has 1 aromatic heterocycles. The summed E-state index contributed by atoms with van der Waals surface area (Å²) >= 11 is 0. The monoisotopic (exact) mass is 310 g/mol. The number of hydrogen-bond acceptors (Lipinski definition) is 4. The van der Waals surface area contributed by atoms with Gasteiger partial charge in [-0.25, -0.2) is 4.98 Å². The van der Waals surface area contributed by atoms with Gasteiger partial charge in [-0.3, -0.25) is 0 Å². The summed E-state index contributed by atoms with van der Waals surface area (Å²) in [5.74, 6) is 2.23. The van der Waals surface area contributed by atoms with Crippen LogP contribution in [0.2, 0.25) is 0 Å². The molecule has 23 heavy (non-hydrogen) atoms. The minimum atomic E-state index is -0.0462. The smallest absolute Gasteiger partial charge is 0.225 e. The molecule has 0 amide bonds. The molecule has 0 unspecified atom stereocenters. The minimum Gasteiger partial charge on any atom is -0.366 e. The lowest BCUT2D eigenvalue weighted by Crippen LogP contribution is -2.27. The number of benzene rings is 1. The molecular formula is C19H26N4. The number of anilines is 2. The van der Waals surface area contributed by atoms with Crippen LogP contribution in [-0.2, 0) is 6.54 Å². The Hall–Kier alpha value is -2.10. The van der Waals surface area contributed by atoms with Crippen LogP contribution in [0.5, 0.6) is 0 Å². The Labute approximate surface area is 138 Å². The lowest BCUT2D eigenvalue weighted by Gasteiger charge is -2.21. The van der Waals surface area contributed by atoms with E-state index in [4.69, 9.17) is 4.98 Å². The SMILES string of the molecule is Cc1ccccc1CNc1cc(C2CC2)nc(NC(C)(C)C)n1. The first-order valence-electron chi connectivity index (χ1n) is 8.36. The molecule has 1 fully saturated rings. The van der Waals surface area contributed by atoms with E-state index in [2.05, 4.69) is 73.6 Å². The van der Waals surface area contributed by atoms with Crippen LogP contribution < -0.4 is 10.6 Å². The van der Waals surface area contributed by atoms with Crippen LogP contribution >= 0.6 is 0 Å². The largest absolute Gasteiger partial charge is 0.366 e. The Balaban J connectivity index is 1.79. The summed E-state index contributed by atoms with van der Waals surface area (Å²) in [4.78, 5) is 9.33. The third kappa shape index (κ3) is 4.44. The summed E-state index contributed by atoms with van der Waals surface area (Å²) in [5.41, 5.74) is 3.70. The normalized spacial score (nSPS) is 14.6. The van der Waals surface area contributed by atoms with E-state index in [0.717, 1.165) is 18.1 Å². The van der Waals surface area contributed by atoms with Gasteiger partial charge >= 0.3 is 0 Å². The van der Waals surface area contributed by atoms with E-state index in [0.29, 0.717) is 11.9 Å². The number of aromatic nitrogens is 2. The fraction of sp³-hybridized carbons (Fsp3) is 0.474. The van der Waals surface area contributed by atoms with Crippen LogP contribution in [0.15, 0.2) is 30.3 Å². The first-order valence-corrected chi connectivity index (χ1v) is 8.36. The maximum Gasteiger partial charge on any atom is 0.225 e. The van der Waals surface area contributed by atoms with Gasteiger partial charge in [-0.1, -0.05) is 24.3 Å². The molecule has 1 aliphatic rings. The molecule has 4 nitrogen and oxygen atoms in total. The first kappa shape index (κ1) is 15.8. The highest BCUT2D eigenvalue weighted by molar-refractivity contribution is 5.45. The molecule has 0 spiro atoms. The van der Waals surface area contributed by atoms with E-state index in [1.807, 2.05) is 0 Å². The number of hydrogen-bond donors (Lipinski definition) is 2. The number of nitrogens with one attached hydrogen (secondary N) is 2. The van der Waals surface area contributed by atoms with Gasteiger partial charge in [-0.2, -0.15) is 4.98 Å². The van der Waals surface area contributed by atoms with Gasteiger partial charge in [0.15, 0.2) is 0 Å². The Bertz CT molecular complexity index is 684. The fourth-order valence-corrected chi connectivity index (χ4v) is 2.53. The first-order chi connectivity index (χ1) is 10.9. The summed E-state index contributed by atoms with van der Waals surface area (Å²) in [7, 11) is 0. The standard InChI is InChI=1S/C19H26N4/c1-13-7-5-6-8-15(13)12-20-17-11-16(14-9-10-14)21-18(22-17)23-19(2,3)4/h5-8,11,14H,9-10,12H2,1-4H3,(H2,20,21,22,23). The zero-order chi connectivity index (χ0) is 16.4. The van der Waals surface area contributed by atoms with Crippen molar-refractivity contribution in [3.63, 3.8) is 0 Å². The van der Waals surface area contributed by atoms with Gasteiger partial charge in [0.05, 0.1) is 5.69 Å². The van der Waals surface area contributed by atoms with Crippen molar-refractivity contribution in [3.8, 4) is 0 Å². The maximum atomic E-state index is 4.69. The average molecular weight is 310 g/mol. The van der Waals surface area contributed by atoms with Gasteiger partial charge in [-0.15, -0.1) is 0 Å². The highest BCUT2D eigenvalue weighted by Crippen LogP contribution is 2.40. The molecule has 2 aromatic rings. The summed E-state index contributed by atoms with van der Waals surface area (Å²) in [6.07, 6.45) is 2.48. The van der Waals surface area contributed by atoms with E-state index in [9.17, 15) is 0 Å². The summed E-state index contributed by atoms with van der Waals surface area (Å²) in [5, 5.41) is 6.85.